The molecule has 1 N–H and O–H groups in total. The number of aliphatic hydroxyl groups excluding tert-OH is 1. The zero-order valence-corrected chi connectivity index (χ0v) is 9.47. The largest absolute Gasteiger partial charge is 0.392 e. The van der Waals surface area contributed by atoms with Gasteiger partial charge in [-0.05, 0) is 31.0 Å². The van der Waals surface area contributed by atoms with Crippen molar-refractivity contribution in [3.63, 3.8) is 0 Å². The smallest absolute Gasteiger partial charge is 0.135 e. The lowest BCUT2D eigenvalue weighted by atomic mass is 10.0. The molecular formula is C12H12ClNO. The van der Waals surface area contributed by atoms with Crippen LogP contribution in [0.15, 0.2) is 18.2 Å². The fourth-order valence-corrected chi connectivity index (χ4v) is 1.81. The van der Waals surface area contributed by atoms with Gasteiger partial charge in [-0.3, -0.25) is 0 Å². The lowest BCUT2D eigenvalue weighted by molar-refractivity contribution is 0.281. The molecule has 0 spiro atoms. The molecule has 78 valence electrons. The Bertz CT molecular complexity index is 523. The second kappa shape index (κ2) is 3.80. The van der Waals surface area contributed by atoms with Crippen LogP contribution in [0.1, 0.15) is 16.7 Å². The Morgan fingerprint density at radius 1 is 1.33 bits per heavy atom. The van der Waals surface area contributed by atoms with Crippen LogP contribution in [0, 0.1) is 13.8 Å². The van der Waals surface area contributed by atoms with Gasteiger partial charge in [-0.2, -0.15) is 0 Å². The molecule has 0 aliphatic carbocycles. The molecule has 0 fully saturated rings. The normalized spacial score (nSPS) is 10.9. The molecule has 2 rings (SSSR count). The van der Waals surface area contributed by atoms with Gasteiger partial charge in [0, 0.05) is 10.9 Å². The van der Waals surface area contributed by atoms with Crippen molar-refractivity contribution in [2.75, 3.05) is 0 Å². The van der Waals surface area contributed by atoms with E-state index in [2.05, 4.69) is 11.1 Å². The molecule has 3 heteroatoms. The zero-order chi connectivity index (χ0) is 11.0. The van der Waals surface area contributed by atoms with E-state index in [-0.39, 0.29) is 6.61 Å². The van der Waals surface area contributed by atoms with Crippen molar-refractivity contribution >= 4 is 22.5 Å². The molecule has 0 aliphatic rings. The van der Waals surface area contributed by atoms with Crippen molar-refractivity contribution in [1.82, 2.24) is 4.98 Å². The number of benzene rings is 1. The summed E-state index contributed by atoms with van der Waals surface area (Å²) in [6.45, 7) is 4.00. The summed E-state index contributed by atoms with van der Waals surface area (Å²) in [6.07, 6.45) is 0. The van der Waals surface area contributed by atoms with E-state index in [0.29, 0.717) is 10.7 Å². The molecular weight excluding hydrogens is 210 g/mol. The van der Waals surface area contributed by atoms with E-state index in [1.54, 1.807) is 0 Å². The van der Waals surface area contributed by atoms with Crippen LogP contribution in [0.3, 0.4) is 0 Å². The first-order valence-corrected chi connectivity index (χ1v) is 5.17. The average molecular weight is 222 g/mol. The molecule has 0 amide bonds. The summed E-state index contributed by atoms with van der Waals surface area (Å²) in [6, 6.07) is 5.94. The number of halogens is 1. The summed E-state index contributed by atoms with van der Waals surface area (Å²) in [7, 11) is 0. The van der Waals surface area contributed by atoms with Crippen LogP contribution in [0.2, 0.25) is 5.15 Å². The third-order valence-electron chi connectivity index (χ3n) is 2.71. The number of nitrogens with zero attached hydrogens (tertiary/aromatic N) is 1. The van der Waals surface area contributed by atoms with Crippen LogP contribution in [-0.2, 0) is 6.61 Å². The van der Waals surface area contributed by atoms with Crippen LogP contribution < -0.4 is 0 Å². The Labute approximate surface area is 93.5 Å². The molecule has 2 aromatic rings. The predicted molar refractivity (Wildman–Crippen MR) is 62.1 cm³/mol. The Hall–Kier alpha value is -1.12. The summed E-state index contributed by atoms with van der Waals surface area (Å²) in [5, 5.41) is 10.5. The number of fused-ring (bicyclic) bond motifs is 1. The summed E-state index contributed by atoms with van der Waals surface area (Å²) in [5.41, 5.74) is 3.92. The number of rotatable bonds is 1. The molecule has 0 saturated carbocycles. The highest BCUT2D eigenvalue weighted by Crippen LogP contribution is 2.24. The summed E-state index contributed by atoms with van der Waals surface area (Å²) in [5.74, 6) is 0. The maximum atomic E-state index is 9.08. The molecule has 0 radical (unpaired) electrons. The third-order valence-corrected chi connectivity index (χ3v) is 3.04. The highest BCUT2D eigenvalue weighted by molar-refractivity contribution is 6.30. The first-order chi connectivity index (χ1) is 7.13. The van der Waals surface area contributed by atoms with Crippen molar-refractivity contribution in [3.05, 3.63) is 40.0 Å². The first-order valence-electron chi connectivity index (χ1n) is 4.79. The van der Waals surface area contributed by atoms with Gasteiger partial charge in [0.15, 0.2) is 0 Å². The second-order valence-electron chi connectivity index (χ2n) is 3.68. The quantitative estimate of drug-likeness (QED) is 0.751. The van der Waals surface area contributed by atoms with E-state index in [1.807, 2.05) is 26.0 Å². The Morgan fingerprint density at radius 3 is 2.73 bits per heavy atom. The fraction of sp³-hybridized carbons (Fsp3) is 0.250. The van der Waals surface area contributed by atoms with Crippen molar-refractivity contribution in [1.29, 1.82) is 0 Å². The van der Waals surface area contributed by atoms with E-state index in [4.69, 9.17) is 16.7 Å². The number of aromatic nitrogens is 1. The van der Waals surface area contributed by atoms with Gasteiger partial charge in [0.2, 0.25) is 0 Å². The van der Waals surface area contributed by atoms with Crippen LogP contribution in [0.5, 0.6) is 0 Å². The predicted octanol–water partition coefficient (Wildman–Crippen LogP) is 3.00. The van der Waals surface area contributed by atoms with Crippen molar-refractivity contribution < 1.29 is 5.11 Å². The van der Waals surface area contributed by atoms with E-state index in [0.717, 1.165) is 16.5 Å². The van der Waals surface area contributed by atoms with Crippen LogP contribution in [-0.4, -0.2) is 10.1 Å². The van der Waals surface area contributed by atoms with E-state index < -0.39 is 0 Å². The molecule has 15 heavy (non-hydrogen) atoms. The van der Waals surface area contributed by atoms with Gasteiger partial charge >= 0.3 is 0 Å². The average Bonchev–Trinajstić information content (AvgIpc) is 2.24. The summed E-state index contributed by atoms with van der Waals surface area (Å²) in [4.78, 5) is 4.31. The molecule has 1 aromatic heterocycles. The molecule has 0 atom stereocenters. The van der Waals surface area contributed by atoms with E-state index >= 15 is 0 Å². The number of hydrogen-bond donors (Lipinski definition) is 1. The Kier molecular flexibility index (Phi) is 2.63. The molecule has 0 unspecified atom stereocenters. The maximum absolute atomic E-state index is 9.08. The summed E-state index contributed by atoms with van der Waals surface area (Å²) >= 11 is 5.96. The van der Waals surface area contributed by atoms with Crippen molar-refractivity contribution in [2.45, 2.75) is 20.5 Å². The summed E-state index contributed by atoms with van der Waals surface area (Å²) < 4.78 is 0. The minimum atomic E-state index is -0.0747. The highest BCUT2D eigenvalue weighted by Gasteiger charge is 2.06. The van der Waals surface area contributed by atoms with Crippen molar-refractivity contribution in [2.24, 2.45) is 0 Å². The van der Waals surface area contributed by atoms with Crippen LogP contribution in [0.25, 0.3) is 10.9 Å². The van der Waals surface area contributed by atoms with Gasteiger partial charge in [0.25, 0.3) is 0 Å². The standard InChI is InChI=1S/C12H12ClNO/c1-7-3-4-9-5-10(6-15)12(13)14-11(9)8(7)2/h3-5,15H,6H2,1-2H3. The lowest BCUT2D eigenvalue weighted by Crippen LogP contribution is -1.93. The monoisotopic (exact) mass is 221 g/mol. The molecule has 0 aliphatic heterocycles. The molecule has 1 heterocycles. The minimum absolute atomic E-state index is 0.0747. The fourth-order valence-electron chi connectivity index (χ4n) is 1.61. The van der Waals surface area contributed by atoms with Crippen molar-refractivity contribution in [3.8, 4) is 0 Å². The van der Waals surface area contributed by atoms with Gasteiger partial charge < -0.3 is 5.11 Å². The number of aryl methyl sites for hydroxylation is 2. The maximum Gasteiger partial charge on any atom is 0.135 e. The van der Waals surface area contributed by atoms with Gasteiger partial charge in [0.1, 0.15) is 5.15 Å². The Morgan fingerprint density at radius 2 is 2.07 bits per heavy atom. The first kappa shape index (κ1) is 10.4. The highest BCUT2D eigenvalue weighted by atomic mass is 35.5. The molecule has 0 bridgehead atoms. The second-order valence-corrected chi connectivity index (χ2v) is 4.03. The molecule has 0 saturated heterocycles. The molecule has 1 aromatic carbocycles. The van der Waals surface area contributed by atoms with E-state index in [1.165, 1.54) is 5.56 Å². The van der Waals surface area contributed by atoms with Gasteiger partial charge in [0.05, 0.1) is 12.1 Å². The number of pyridine rings is 1. The Balaban J connectivity index is 2.81. The number of aliphatic hydroxyl groups is 1. The van der Waals surface area contributed by atoms with Gasteiger partial charge in [-0.25, -0.2) is 4.98 Å². The van der Waals surface area contributed by atoms with E-state index in [9.17, 15) is 0 Å². The van der Waals surface area contributed by atoms with Crippen LogP contribution >= 0.6 is 11.6 Å². The topological polar surface area (TPSA) is 33.1 Å². The van der Waals surface area contributed by atoms with Crippen LogP contribution in [0.4, 0.5) is 0 Å². The lowest BCUT2D eigenvalue weighted by Gasteiger charge is -2.07. The zero-order valence-electron chi connectivity index (χ0n) is 8.71. The third kappa shape index (κ3) is 1.71. The molecule has 2 nitrogen and oxygen atoms in total. The number of hydrogen-bond acceptors (Lipinski definition) is 2. The SMILES string of the molecule is Cc1ccc2cc(CO)c(Cl)nc2c1C. The van der Waals surface area contributed by atoms with Gasteiger partial charge in [-0.15, -0.1) is 0 Å². The van der Waals surface area contributed by atoms with Gasteiger partial charge in [-0.1, -0.05) is 23.7 Å². The minimum Gasteiger partial charge on any atom is -0.392 e.